The van der Waals surface area contributed by atoms with Gasteiger partial charge < -0.3 is 15.3 Å². The van der Waals surface area contributed by atoms with E-state index in [1.807, 2.05) is 26.0 Å². The Kier molecular flexibility index (Phi) is 2.89. The van der Waals surface area contributed by atoms with E-state index in [-0.39, 0.29) is 12.5 Å². The summed E-state index contributed by atoms with van der Waals surface area (Å²) in [6.07, 6.45) is -0.518. The third-order valence-electron chi connectivity index (χ3n) is 2.03. The first kappa shape index (κ1) is 9.29. The van der Waals surface area contributed by atoms with Gasteiger partial charge in [0.15, 0.2) is 0 Å². The molecule has 3 heteroatoms. The second-order valence-corrected chi connectivity index (χ2v) is 3.04. The van der Waals surface area contributed by atoms with Gasteiger partial charge in [0, 0.05) is 12.5 Å². The molecule has 0 amide bonds. The second kappa shape index (κ2) is 3.74. The van der Waals surface area contributed by atoms with Crippen molar-refractivity contribution < 1.29 is 9.52 Å². The molecule has 2 atom stereocenters. The van der Waals surface area contributed by atoms with E-state index in [2.05, 4.69) is 0 Å². The molecule has 0 saturated heterocycles. The van der Waals surface area contributed by atoms with Crippen molar-refractivity contribution in [1.82, 2.24) is 0 Å². The molecule has 0 aliphatic carbocycles. The number of aryl methyl sites for hydroxylation is 1. The fraction of sp³-hybridized carbons (Fsp3) is 0.556. The quantitative estimate of drug-likeness (QED) is 0.710. The molecule has 3 nitrogen and oxygen atoms in total. The standard InChI is InChI=1S/C9H15NO2/c1-6-3-4-9(12-6)7(2)8(11)5-10/h3-4,7-8,11H,5,10H2,1-2H3. The minimum Gasteiger partial charge on any atom is -0.466 e. The average Bonchev–Trinajstić information content (AvgIpc) is 2.49. The van der Waals surface area contributed by atoms with Crippen molar-refractivity contribution in [3.8, 4) is 0 Å². The van der Waals surface area contributed by atoms with Crippen LogP contribution in [0, 0.1) is 6.92 Å². The molecular weight excluding hydrogens is 154 g/mol. The molecular formula is C9H15NO2. The topological polar surface area (TPSA) is 59.4 Å². The number of hydrogen-bond acceptors (Lipinski definition) is 3. The van der Waals surface area contributed by atoms with Crippen LogP contribution in [0.2, 0.25) is 0 Å². The fourth-order valence-corrected chi connectivity index (χ4v) is 1.09. The van der Waals surface area contributed by atoms with Gasteiger partial charge in [-0.05, 0) is 19.1 Å². The summed E-state index contributed by atoms with van der Waals surface area (Å²) in [7, 11) is 0. The van der Waals surface area contributed by atoms with Crippen LogP contribution in [-0.2, 0) is 0 Å². The lowest BCUT2D eigenvalue weighted by atomic mass is 10.0. The molecule has 68 valence electrons. The molecule has 0 spiro atoms. The number of hydrogen-bond donors (Lipinski definition) is 2. The van der Waals surface area contributed by atoms with Gasteiger partial charge in [-0.3, -0.25) is 0 Å². The summed E-state index contributed by atoms with van der Waals surface area (Å²) >= 11 is 0. The Morgan fingerprint density at radius 3 is 2.67 bits per heavy atom. The molecule has 0 bridgehead atoms. The van der Waals surface area contributed by atoms with Crippen molar-refractivity contribution in [3.63, 3.8) is 0 Å². The van der Waals surface area contributed by atoms with Crippen LogP contribution in [0.25, 0.3) is 0 Å². The maximum atomic E-state index is 9.40. The van der Waals surface area contributed by atoms with E-state index in [1.54, 1.807) is 0 Å². The monoisotopic (exact) mass is 169 g/mol. The van der Waals surface area contributed by atoms with E-state index in [0.717, 1.165) is 11.5 Å². The van der Waals surface area contributed by atoms with Gasteiger partial charge in [0.25, 0.3) is 0 Å². The molecule has 1 rings (SSSR count). The van der Waals surface area contributed by atoms with Crippen LogP contribution >= 0.6 is 0 Å². The summed E-state index contributed by atoms with van der Waals surface area (Å²) in [5, 5.41) is 9.40. The minimum absolute atomic E-state index is 0.0244. The third kappa shape index (κ3) is 1.87. The van der Waals surface area contributed by atoms with Crippen molar-refractivity contribution >= 4 is 0 Å². The van der Waals surface area contributed by atoms with Crippen LogP contribution in [0.5, 0.6) is 0 Å². The second-order valence-electron chi connectivity index (χ2n) is 3.04. The van der Waals surface area contributed by atoms with Gasteiger partial charge in [-0.1, -0.05) is 6.92 Å². The summed E-state index contributed by atoms with van der Waals surface area (Å²) < 4.78 is 5.35. The maximum Gasteiger partial charge on any atom is 0.109 e. The molecule has 12 heavy (non-hydrogen) atoms. The van der Waals surface area contributed by atoms with Crippen molar-refractivity contribution in [2.24, 2.45) is 5.73 Å². The number of rotatable bonds is 3. The Bertz CT molecular complexity index is 244. The Morgan fingerprint density at radius 2 is 2.25 bits per heavy atom. The van der Waals surface area contributed by atoms with Crippen LogP contribution in [0.3, 0.4) is 0 Å². The zero-order valence-corrected chi connectivity index (χ0v) is 7.45. The molecule has 0 saturated carbocycles. The first-order valence-corrected chi connectivity index (χ1v) is 4.09. The number of furan rings is 1. The summed E-state index contributed by atoms with van der Waals surface area (Å²) in [5.74, 6) is 1.63. The normalized spacial score (nSPS) is 16.0. The first-order valence-electron chi connectivity index (χ1n) is 4.09. The molecule has 1 aromatic rings. The lowest BCUT2D eigenvalue weighted by Gasteiger charge is -2.13. The SMILES string of the molecule is Cc1ccc(C(C)C(O)CN)o1. The Labute approximate surface area is 72.2 Å². The van der Waals surface area contributed by atoms with E-state index >= 15 is 0 Å². The van der Waals surface area contributed by atoms with Crippen LogP contribution < -0.4 is 5.73 Å². The predicted octanol–water partition coefficient (Wildman–Crippen LogP) is 1.01. The highest BCUT2D eigenvalue weighted by atomic mass is 16.3. The molecule has 2 unspecified atom stereocenters. The van der Waals surface area contributed by atoms with Gasteiger partial charge in [-0.2, -0.15) is 0 Å². The van der Waals surface area contributed by atoms with Gasteiger partial charge in [0.2, 0.25) is 0 Å². The average molecular weight is 169 g/mol. The Hall–Kier alpha value is -0.800. The lowest BCUT2D eigenvalue weighted by molar-refractivity contribution is 0.147. The summed E-state index contributed by atoms with van der Waals surface area (Å²) in [4.78, 5) is 0. The zero-order valence-electron chi connectivity index (χ0n) is 7.45. The molecule has 0 fully saturated rings. The van der Waals surface area contributed by atoms with E-state index < -0.39 is 6.10 Å². The number of nitrogens with two attached hydrogens (primary N) is 1. The van der Waals surface area contributed by atoms with Crippen molar-refractivity contribution in [2.45, 2.75) is 25.9 Å². The summed E-state index contributed by atoms with van der Waals surface area (Å²) in [5.41, 5.74) is 5.33. The van der Waals surface area contributed by atoms with Gasteiger partial charge in [0.05, 0.1) is 6.10 Å². The molecule has 0 aromatic carbocycles. The highest BCUT2D eigenvalue weighted by Crippen LogP contribution is 2.20. The smallest absolute Gasteiger partial charge is 0.109 e. The van der Waals surface area contributed by atoms with Crippen molar-refractivity contribution in [2.75, 3.05) is 6.54 Å². The van der Waals surface area contributed by atoms with Gasteiger partial charge in [0.1, 0.15) is 11.5 Å². The van der Waals surface area contributed by atoms with Crippen molar-refractivity contribution in [3.05, 3.63) is 23.7 Å². The molecule has 0 aliphatic heterocycles. The first-order chi connectivity index (χ1) is 5.65. The van der Waals surface area contributed by atoms with Crippen LogP contribution in [0.4, 0.5) is 0 Å². The Balaban J connectivity index is 2.70. The van der Waals surface area contributed by atoms with Crippen LogP contribution in [-0.4, -0.2) is 17.8 Å². The summed E-state index contributed by atoms with van der Waals surface area (Å²) in [6, 6.07) is 3.76. The van der Waals surface area contributed by atoms with Crippen LogP contribution in [0.1, 0.15) is 24.4 Å². The van der Waals surface area contributed by atoms with E-state index in [0.29, 0.717) is 0 Å². The van der Waals surface area contributed by atoms with E-state index in [1.165, 1.54) is 0 Å². The van der Waals surface area contributed by atoms with Gasteiger partial charge in [-0.25, -0.2) is 0 Å². The van der Waals surface area contributed by atoms with Crippen LogP contribution in [0.15, 0.2) is 16.5 Å². The highest BCUT2D eigenvalue weighted by Gasteiger charge is 2.17. The van der Waals surface area contributed by atoms with Gasteiger partial charge >= 0.3 is 0 Å². The summed E-state index contributed by atoms with van der Waals surface area (Å²) in [6.45, 7) is 4.04. The minimum atomic E-state index is -0.518. The highest BCUT2D eigenvalue weighted by molar-refractivity contribution is 5.10. The number of aliphatic hydroxyl groups is 1. The largest absolute Gasteiger partial charge is 0.466 e. The number of aliphatic hydroxyl groups excluding tert-OH is 1. The lowest BCUT2D eigenvalue weighted by Crippen LogP contribution is -2.25. The zero-order chi connectivity index (χ0) is 9.14. The maximum absolute atomic E-state index is 9.40. The van der Waals surface area contributed by atoms with Gasteiger partial charge in [-0.15, -0.1) is 0 Å². The molecule has 1 heterocycles. The Morgan fingerprint density at radius 1 is 1.58 bits per heavy atom. The fourth-order valence-electron chi connectivity index (χ4n) is 1.09. The molecule has 0 radical (unpaired) electrons. The molecule has 1 aromatic heterocycles. The molecule has 3 N–H and O–H groups in total. The van der Waals surface area contributed by atoms with Crippen molar-refractivity contribution in [1.29, 1.82) is 0 Å². The van der Waals surface area contributed by atoms with E-state index in [9.17, 15) is 5.11 Å². The van der Waals surface area contributed by atoms with E-state index in [4.69, 9.17) is 10.2 Å². The molecule has 0 aliphatic rings. The predicted molar refractivity (Wildman–Crippen MR) is 46.9 cm³/mol. The third-order valence-corrected chi connectivity index (χ3v) is 2.03.